The van der Waals surface area contributed by atoms with Crippen molar-refractivity contribution in [1.82, 2.24) is 0 Å². The van der Waals surface area contributed by atoms with Crippen molar-refractivity contribution < 1.29 is 8.78 Å². The monoisotopic (exact) mass is 157 g/mol. The fourth-order valence-corrected chi connectivity index (χ4v) is 0.846. The first-order chi connectivity index (χ1) is 5.18. The number of hydrogen-bond acceptors (Lipinski definition) is 1. The number of nitrogens with two attached hydrogens (primary N) is 1. The van der Waals surface area contributed by atoms with Gasteiger partial charge in [0.2, 0.25) is 0 Å². The lowest BCUT2D eigenvalue weighted by Gasteiger charge is -2.00. The third-order valence-electron chi connectivity index (χ3n) is 1.34. The van der Waals surface area contributed by atoms with Gasteiger partial charge in [0.05, 0.1) is 0 Å². The van der Waals surface area contributed by atoms with Crippen LogP contribution in [0.5, 0.6) is 0 Å². The maximum atomic E-state index is 12.3. The molecule has 0 heterocycles. The van der Waals surface area contributed by atoms with Crippen molar-refractivity contribution in [2.24, 2.45) is 5.73 Å². The van der Waals surface area contributed by atoms with Crippen LogP contribution in [-0.4, -0.2) is 6.30 Å². The van der Waals surface area contributed by atoms with Crippen molar-refractivity contribution in [3.63, 3.8) is 0 Å². The SMILES string of the molecule is NC(F)Cc1ccc(F)cc1. The number of hydrogen-bond donors (Lipinski definition) is 1. The maximum Gasteiger partial charge on any atom is 0.152 e. The van der Waals surface area contributed by atoms with Crippen LogP contribution in [0.3, 0.4) is 0 Å². The molecule has 1 atom stereocenters. The van der Waals surface area contributed by atoms with E-state index in [-0.39, 0.29) is 12.2 Å². The lowest BCUT2D eigenvalue weighted by molar-refractivity contribution is 0.342. The molecule has 0 amide bonds. The van der Waals surface area contributed by atoms with E-state index in [9.17, 15) is 8.78 Å². The Hall–Kier alpha value is -0.960. The van der Waals surface area contributed by atoms with Crippen LogP contribution in [0.25, 0.3) is 0 Å². The number of benzene rings is 1. The van der Waals surface area contributed by atoms with Crippen LogP contribution < -0.4 is 5.73 Å². The molecule has 0 saturated carbocycles. The van der Waals surface area contributed by atoms with Crippen LogP contribution in [0.4, 0.5) is 8.78 Å². The van der Waals surface area contributed by atoms with Crippen molar-refractivity contribution in [3.8, 4) is 0 Å². The topological polar surface area (TPSA) is 26.0 Å². The van der Waals surface area contributed by atoms with Gasteiger partial charge in [-0.3, -0.25) is 0 Å². The second-order valence-electron chi connectivity index (χ2n) is 2.35. The van der Waals surface area contributed by atoms with Gasteiger partial charge in [0.1, 0.15) is 5.82 Å². The largest absolute Gasteiger partial charge is 0.301 e. The number of rotatable bonds is 2. The summed E-state index contributed by atoms with van der Waals surface area (Å²) in [6.45, 7) is 0. The van der Waals surface area contributed by atoms with E-state index in [4.69, 9.17) is 5.73 Å². The van der Waals surface area contributed by atoms with Gasteiger partial charge in [0.25, 0.3) is 0 Å². The highest BCUT2D eigenvalue weighted by atomic mass is 19.1. The minimum atomic E-state index is -1.36. The van der Waals surface area contributed by atoms with E-state index in [2.05, 4.69) is 0 Å². The van der Waals surface area contributed by atoms with Crippen LogP contribution in [0.15, 0.2) is 24.3 Å². The van der Waals surface area contributed by atoms with E-state index in [0.29, 0.717) is 5.56 Å². The fourth-order valence-electron chi connectivity index (χ4n) is 0.846. The van der Waals surface area contributed by atoms with Crippen molar-refractivity contribution in [2.45, 2.75) is 12.7 Å². The predicted octanol–water partition coefficient (Wildman–Crippen LogP) is 1.62. The van der Waals surface area contributed by atoms with Crippen molar-refractivity contribution in [3.05, 3.63) is 35.6 Å². The highest BCUT2D eigenvalue weighted by molar-refractivity contribution is 5.16. The molecule has 1 rings (SSSR count). The summed E-state index contributed by atoms with van der Waals surface area (Å²) in [5.74, 6) is -0.318. The molecule has 0 aliphatic rings. The Balaban J connectivity index is 2.66. The summed E-state index contributed by atoms with van der Waals surface area (Å²) < 4.78 is 24.5. The Kier molecular flexibility index (Phi) is 2.54. The van der Waals surface area contributed by atoms with Crippen molar-refractivity contribution in [1.29, 1.82) is 0 Å². The molecule has 0 radical (unpaired) electrons. The molecule has 1 aromatic rings. The number of halogens is 2. The summed E-state index contributed by atoms with van der Waals surface area (Å²) in [7, 11) is 0. The Labute approximate surface area is 63.8 Å². The second kappa shape index (κ2) is 3.44. The van der Waals surface area contributed by atoms with Gasteiger partial charge >= 0.3 is 0 Å². The van der Waals surface area contributed by atoms with Crippen LogP contribution in [0, 0.1) is 5.82 Å². The highest BCUT2D eigenvalue weighted by Gasteiger charge is 1.99. The zero-order chi connectivity index (χ0) is 8.27. The third-order valence-corrected chi connectivity index (χ3v) is 1.34. The highest BCUT2D eigenvalue weighted by Crippen LogP contribution is 2.04. The summed E-state index contributed by atoms with van der Waals surface area (Å²) in [4.78, 5) is 0. The molecule has 0 fully saturated rings. The smallest absolute Gasteiger partial charge is 0.152 e. The molecule has 0 spiro atoms. The first-order valence-corrected chi connectivity index (χ1v) is 3.32. The molecule has 0 bridgehead atoms. The summed E-state index contributed by atoms with van der Waals surface area (Å²) >= 11 is 0. The van der Waals surface area contributed by atoms with Gasteiger partial charge in [-0.05, 0) is 17.7 Å². The van der Waals surface area contributed by atoms with Gasteiger partial charge < -0.3 is 5.73 Å². The quantitative estimate of drug-likeness (QED) is 0.648. The van der Waals surface area contributed by atoms with Crippen LogP contribution in [0.2, 0.25) is 0 Å². The van der Waals surface area contributed by atoms with Gasteiger partial charge in [-0.15, -0.1) is 0 Å². The maximum absolute atomic E-state index is 12.3. The Morgan fingerprint density at radius 2 is 1.82 bits per heavy atom. The van der Waals surface area contributed by atoms with E-state index >= 15 is 0 Å². The minimum Gasteiger partial charge on any atom is -0.301 e. The Bertz CT molecular complexity index is 218. The standard InChI is InChI=1S/C8H9F2N/c9-7-3-1-6(2-4-7)5-8(10)11/h1-4,8H,5,11H2. The van der Waals surface area contributed by atoms with E-state index in [1.807, 2.05) is 0 Å². The van der Waals surface area contributed by atoms with Crippen molar-refractivity contribution in [2.75, 3.05) is 0 Å². The Morgan fingerprint density at radius 3 is 2.27 bits per heavy atom. The second-order valence-corrected chi connectivity index (χ2v) is 2.35. The summed E-state index contributed by atoms with van der Waals surface area (Å²) in [5.41, 5.74) is 5.61. The van der Waals surface area contributed by atoms with Gasteiger partial charge in [0.15, 0.2) is 6.30 Å². The molecule has 0 saturated heterocycles. The van der Waals surface area contributed by atoms with Crippen LogP contribution in [-0.2, 0) is 6.42 Å². The lowest BCUT2D eigenvalue weighted by Crippen LogP contribution is -2.15. The number of alkyl halides is 1. The van der Waals surface area contributed by atoms with Gasteiger partial charge in [0, 0.05) is 6.42 Å². The van der Waals surface area contributed by atoms with Crippen molar-refractivity contribution >= 4 is 0 Å². The predicted molar refractivity (Wildman–Crippen MR) is 39.2 cm³/mol. The summed E-state index contributed by atoms with van der Waals surface area (Å²) in [5, 5.41) is 0. The van der Waals surface area contributed by atoms with Crippen LogP contribution in [0.1, 0.15) is 5.56 Å². The fraction of sp³-hybridized carbons (Fsp3) is 0.250. The average Bonchev–Trinajstić information content (AvgIpc) is 1.93. The van der Waals surface area contributed by atoms with E-state index in [1.165, 1.54) is 24.3 Å². The summed E-state index contributed by atoms with van der Waals surface area (Å²) in [6, 6.07) is 5.62. The molecule has 1 unspecified atom stereocenters. The average molecular weight is 157 g/mol. The van der Waals surface area contributed by atoms with Crippen LogP contribution >= 0.6 is 0 Å². The van der Waals surface area contributed by atoms with Gasteiger partial charge in [-0.1, -0.05) is 12.1 Å². The molecule has 60 valence electrons. The van der Waals surface area contributed by atoms with E-state index in [0.717, 1.165) is 0 Å². The lowest BCUT2D eigenvalue weighted by atomic mass is 10.1. The Morgan fingerprint density at radius 1 is 1.27 bits per heavy atom. The third kappa shape index (κ3) is 2.63. The molecule has 0 aliphatic carbocycles. The molecular formula is C8H9F2N. The van der Waals surface area contributed by atoms with E-state index < -0.39 is 6.30 Å². The normalized spacial score (nSPS) is 13.0. The first-order valence-electron chi connectivity index (χ1n) is 3.32. The van der Waals surface area contributed by atoms with Gasteiger partial charge in [-0.2, -0.15) is 0 Å². The molecular weight excluding hydrogens is 148 g/mol. The van der Waals surface area contributed by atoms with E-state index in [1.54, 1.807) is 0 Å². The molecule has 3 heteroatoms. The zero-order valence-electron chi connectivity index (χ0n) is 5.93. The summed E-state index contributed by atoms with van der Waals surface area (Å²) in [6.07, 6.45) is -1.22. The first kappa shape index (κ1) is 8.14. The molecule has 0 aliphatic heterocycles. The zero-order valence-corrected chi connectivity index (χ0v) is 5.93. The molecule has 1 aromatic carbocycles. The molecule has 2 N–H and O–H groups in total. The van der Waals surface area contributed by atoms with Gasteiger partial charge in [-0.25, -0.2) is 8.78 Å². The molecule has 0 aromatic heterocycles. The molecule has 1 nitrogen and oxygen atoms in total. The minimum absolute atomic E-state index is 0.139. The molecule has 11 heavy (non-hydrogen) atoms.